The second kappa shape index (κ2) is 9.27. The maximum atomic E-state index is 13.2. The number of anilines is 1. The molecule has 1 aromatic carbocycles. The van der Waals surface area contributed by atoms with Crippen LogP contribution in [0.4, 0.5) is 5.13 Å². The average molecular weight is 420 g/mol. The lowest BCUT2D eigenvalue weighted by Gasteiger charge is -2.24. The summed E-state index contributed by atoms with van der Waals surface area (Å²) in [6.07, 6.45) is 4.51. The van der Waals surface area contributed by atoms with E-state index in [1.54, 1.807) is 30.3 Å². The fourth-order valence-electron chi connectivity index (χ4n) is 2.83. The van der Waals surface area contributed by atoms with E-state index in [1.807, 2.05) is 0 Å². The molecule has 0 aliphatic rings. The number of ether oxygens (including phenoxy) is 1. The summed E-state index contributed by atoms with van der Waals surface area (Å²) in [4.78, 5) is 29.9. The van der Waals surface area contributed by atoms with Crippen molar-refractivity contribution in [1.82, 2.24) is 19.9 Å². The Morgan fingerprint density at radius 1 is 1.21 bits per heavy atom. The number of halogens is 1. The molecule has 0 spiro atoms. The summed E-state index contributed by atoms with van der Waals surface area (Å²) in [6, 6.07) is 3.55. The summed E-state index contributed by atoms with van der Waals surface area (Å²) in [5.41, 5.74) is 0.925. The lowest BCUT2D eigenvalue weighted by atomic mass is 10.3. The Kier molecular flexibility index (Phi) is 6.77. The van der Waals surface area contributed by atoms with Gasteiger partial charge in [0.05, 0.1) is 23.0 Å². The zero-order valence-corrected chi connectivity index (χ0v) is 17.6. The number of thiazole rings is 1. The highest BCUT2D eigenvalue weighted by molar-refractivity contribution is 7.23. The number of hydrogen-bond acceptors (Lipinski definition) is 7. The van der Waals surface area contributed by atoms with Crippen LogP contribution < -0.4 is 9.64 Å². The van der Waals surface area contributed by atoms with E-state index in [4.69, 9.17) is 16.3 Å². The summed E-state index contributed by atoms with van der Waals surface area (Å²) in [5.74, 6) is 0.381. The van der Waals surface area contributed by atoms with Crippen molar-refractivity contribution < 1.29 is 9.53 Å². The highest BCUT2D eigenvalue weighted by Crippen LogP contribution is 2.38. The van der Waals surface area contributed by atoms with Crippen LogP contribution in [-0.4, -0.2) is 59.0 Å². The van der Waals surface area contributed by atoms with E-state index in [2.05, 4.69) is 33.7 Å². The molecular weight excluding hydrogens is 398 g/mol. The molecule has 7 nitrogen and oxygen atoms in total. The van der Waals surface area contributed by atoms with Gasteiger partial charge in [0, 0.05) is 25.5 Å². The predicted molar refractivity (Wildman–Crippen MR) is 113 cm³/mol. The van der Waals surface area contributed by atoms with Crippen LogP contribution in [0.15, 0.2) is 30.7 Å². The van der Waals surface area contributed by atoms with Gasteiger partial charge in [0.15, 0.2) is 5.13 Å². The van der Waals surface area contributed by atoms with Crippen LogP contribution in [0.1, 0.15) is 24.3 Å². The fourth-order valence-corrected chi connectivity index (χ4v) is 4.12. The number of amides is 1. The molecule has 3 rings (SSSR count). The zero-order valence-electron chi connectivity index (χ0n) is 16.1. The lowest BCUT2D eigenvalue weighted by molar-refractivity contribution is 0.0978. The van der Waals surface area contributed by atoms with Gasteiger partial charge in [0.2, 0.25) is 0 Å². The SMILES string of the molecule is CCN(CC)CCN(C(=O)c1cnccn1)c1nc2c(OC)ccc(Cl)c2s1. The Labute approximate surface area is 172 Å². The second-order valence-corrected chi connectivity index (χ2v) is 7.38. The number of aromatic nitrogens is 3. The molecule has 0 unspecified atom stereocenters. The summed E-state index contributed by atoms with van der Waals surface area (Å²) in [6.45, 7) is 7.21. The third kappa shape index (κ3) is 4.24. The minimum absolute atomic E-state index is 0.241. The standard InChI is InChI=1S/C19H22ClN5O2S/c1-4-24(5-2)10-11-25(18(26)14-12-21-8-9-22-14)19-23-16-15(27-3)7-6-13(20)17(16)28-19/h6-9,12H,4-5,10-11H2,1-3H3. The molecule has 0 aliphatic carbocycles. The summed E-state index contributed by atoms with van der Waals surface area (Å²) < 4.78 is 6.19. The van der Waals surface area contributed by atoms with E-state index in [9.17, 15) is 4.79 Å². The van der Waals surface area contributed by atoms with Crippen molar-refractivity contribution in [2.24, 2.45) is 0 Å². The molecule has 0 saturated carbocycles. The van der Waals surface area contributed by atoms with Gasteiger partial charge in [-0.05, 0) is 25.2 Å². The van der Waals surface area contributed by atoms with Gasteiger partial charge >= 0.3 is 0 Å². The average Bonchev–Trinajstić information content (AvgIpc) is 3.18. The number of nitrogens with zero attached hydrogens (tertiary/aromatic N) is 5. The summed E-state index contributed by atoms with van der Waals surface area (Å²) in [7, 11) is 1.59. The Hall–Kier alpha value is -2.29. The van der Waals surface area contributed by atoms with Crippen LogP contribution in [-0.2, 0) is 0 Å². The number of hydrogen-bond donors (Lipinski definition) is 0. The van der Waals surface area contributed by atoms with E-state index >= 15 is 0 Å². The minimum Gasteiger partial charge on any atom is -0.494 e. The lowest BCUT2D eigenvalue weighted by Crippen LogP contribution is -2.39. The molecule has 2 aromatic heterocycles. The van der Waals surface area contributed by atoms with Gasteiger partial charge in [-0.3, -0.25) is 14.7 Å². The van der Waals surface area contributed by atoms with Gasteiger partial charge < -0.3 is 9.64 Å². The molecule has 0 aliphatic heterocycles. The van der Waals surface area contributed by atoms with Gasteiger partial charge in [-0.15, -0.1) is 0 Å². The zero-order chi connectivity index (χ0) is 20.1. The smallest absolute Gasteiger partial charge is 0.280 e. The fraction of sp³-hybridized carbons (Fsp3) is 0.368. The number of likely N-dealkylation sites (N-methyl/N-ethyl adjacent to an activating group) is 1. The van der Waals surface area contributed by atoms with Crippen molar-refractivity contribution in [3.63, 3.8) is 0 Å². The first kappa shape index (κ1) is 20.4. The molecular formula is C19H22ClN5O2S. The Balaban J connectivity index is 2.02. The van der Waals surface area contributed by atoms with Gasteiger partial charge in [-0.1, -0.05) is 36.8 Å². The van der Waals surface area contributed by atoms with Crippen LogP contribution in [0.25, 0.3) is 10.2 Å². The number of carbonyl (C=O) groups excluding carboxylic acids is 1. The van der Waals surface area contributed by atoms with Gasteiger partial charge in [0.25, 0.3) is 5.91 Å². The minimum atomic E-state index is -0.241. The van der Waals surface area contributed by atoms with Crippen molar-refractivity contribution in [3.8, 4) is 5.75 Å². The van der Waals surface area contributed by atoms with Gasteiger partial charge in [-0.2, -0.15) is 0 Å². The Bertz CT molecular complexity index is 946. The van der Waals surface area contributed by atoms with E-state index in [0.29, 0.717) is 28.0 Å². The molecule has 148 valence electrons. The van der Waals surface area contributed by atoms with Crippen molar-refractivity contribution in [3.05, 3.63) is 41.4 Å². The largest absolute Gasteiger partial charge is 0.494 e. The maximum Gasteiger partial charge on any atom is 0.280 e. The third-order valence-corrected chi connectivity index (χ3v) is 6.00. The van der Waals surface area contributed by atoms with Crippen LogP contribution in [0, 0.1) is 0 Å². The third-order valence-electron chi connectivity index (χ3n) is 4.46. The monoisotopic (exact) mass is 419 g/mol. The van der Waals surface area contributed by atoms with Crippen LogP contribution in [0.5, 0.6) is 5.75 Å². The molecule has 0 bridgehead atoms. The normalized spacial score (nSPS) is 11.2. The topological polar surface area (TPSA) is 71.5 Å². The molecule has 1 amide bonds. The molecule has 28 heavy (non-hydrogen) atoms. The Morgan fingerprint density at radius 3 is 2.64 bits per heavy atom. The van der Waals surface area contributed by atoms with Crippen molar-refractivity contribution in [2.45, 2.75) is 13.8 Å². The number of fused-ring (bicyclic) bond motifs is 1. The molecule has 0 atom stereocenters. The van der Waals surface area contributed by atoms with Crippen LogP contribution in [0.2, 0.25) is 5.02 Å². The van der Waals surface area contributed by atoms with Crippen LogP contribution >= 0.6 is 22.9 Å². The first-order valence-electron chi connectivity index (χ1n) is 9.02. The molecule has 0 fully saturated rings. The summed E-state index contributed by atoms with van der Waals surface area (Å²) >= 11 is 7.72. The van der Waals surface area contributed by atoms with Crippen molar-refractivity contribution in [2.75, 3.05) is 38.2 Å². The molecule has 2 heterocycles. The van der Waals surface area contributed by atoms with Gasteiger partial charge in [-0.25, -0.2) is 9.97 Å². The number of benzene rings is 1. The highest BCUT2D eigenvalue weighted by atomic mass is 35.5. The van der Waals surface area contributed by atoms with Crippen molar-refractivity contribution in [1.29, 1.82) is 0 Å². The van der Waals surface area contributed by atoms with Crippen molar-refractivity contribution >= 4 is 44.2 Å². The van der Waals surface area contributed by atoms with Gasteiger partial charge in [0.1, 0.15) is 17.0 Å². The first-order valence-corrected chi connectivity index (χ1v) is 10.2. The van der Waals surface area contributed by atoms with E-state index in [-0.39, 0.29) is 11.6 Å². The van der Waals surface area contributed by atoms with E-state index in [1.165, 1.54) is 23.7 Å². The predicted octanol–water partition coefficient (Wildman–Crippen LogP) is 3.74. The highest BCUT2D eigenvalue weighted by Gasteiger charge is 2.24. The quantitative estimate of drug-likeness (QED) is 0.554. The Morgan fingerprint density at radius 2 is 2.00 bits per heavy atom. The first-order chi connectivity index (χ1) is 13.6. The molecule has 0 N–H and O–H groups in total. The van der Waals surface area contributed by atoms with E-state index in [0.717, 1.165) is 24.3 Å². The molecule has 3 aromatic rings. The summed E-state index contributed by atoms with van der Waals surface area (Å²) in [5, 5.41) is 1.14. The molecule has 0 saturated heterocycles. The molecule has 0 radical (unpaired) electrons. The second-order valence-electron chi connectivity index (χ2n) is 6.00. The number of methoxy groups -OCH3 is 1. The number of carbonyl (C=O) groups is 1. The maximum absolute atomic E-state index is 13.2. The van der Waals surface area contributed by atoms with Crippen LogP contribution in [0.3, 0.4) is 0 Å². The van der Waals surface area contributed by atoms with E-state index < -0.39 is 0 Å². The molecule has 9 heteroatoms. The number of rotatable bonds is 8.